The first-order chi connectivity index (χ1) is 12.8. The molecule has 0 saturated carbocycles. The van der Waals surface area contributed by atoms with Gasteiger partial charge in [-0.2, -0.15) is 13.2 Å². The Bertz CT molecular complexity index is 1130. The van der Waals surface area contributed by atoms with Gasteiger partial charge >= 0.3 is 6.18 Å². The maximum Gasteiger partial charge on any atom is 0.435 e. The summed E-state index contributed by atoms with van der Waals surface area (Å²) in [5.74, 6) is -0.0303. The number of alkyl halides is 3. The molecule has 0 saturated heterocycles. The number of aryl methyl sites for hydroxylation is 1. The highest BCUT2D eigenvalue weighted by molar-refractivity contribution is 5.75. The largest absolute Gasteiger partial charge is 0.435 e. The van der Waals surface area contributed by atoms with Crippen molar-refractivity contribution >= 4 is 11.5 Å². The van der Waals surface area contributed by atoms with E-state index >= 15 is 0 Å². The highest BCUT2D eigenvalue weighted by atomic mass is 19.4. The van der Waals surface area contributed by atoms with Crippen LogP contribution in [0.5, 0.6) is 0 Å². The quantitative estimate of drug-likeness (QED) is 0.570. The minimum atomic E-state index is -4.64. The second-order valence-electron chi connectivity index (χ2n) is 6.09. The molecule has 5 nitrogen and oxygen atoms in total. The number of nitrogens with zero attached hydrogens (tertiary/aromatic N) is 4. The summed E-state index contributed by atoms with van der Waals surface area (Å²) in [7, 11) is 0. The molecule has 3 aromatic heterocycles. The maximum atomic E-state index is 13.5. The van der Waals surface area contributed by atoms with Gasteiger partial charge in [0.05, 0.1) is 0 Å². The van der Waals surface area contributed by atoms with E-state index in [0.29, 0.717) is 5.56 Å². The van der Waals surface area contributed by atoms with Gasteiger partial charge in [0.1, 0.15) is 17.2 Å². The summed E-state index contributed by atoms with van der Waals surface area (Å²) >= 11 is 0. The maximum absolute atomic E-state index is 13.5. The SMILES string of the molecule is Cc1ccc(-c2cnc(-c3c(C(F)(F)F)nc4ccccn34)nc2N)cc1. The number of aromatic nitrogens is 4. The molecular weight excluding hydrogens is 355 g/mol. The predicted molar refractivity (Wildman–Crippen MR) is 95.8 cm³/mol. The van der Waals surface area contributed by atoms with Crippen LogP contribution in [-0.4, -0.2) is 19.4 Å². The van der Waals surface area contributed by atoms with Crippen LogP contribution >= 0.6 is 0 Å². The third-order valence-corrected chi connectivity index (χ3v) is 4.19. The van der Waals surface area contributed by atoms with Gasteiger partial charge in [-0.1, -0.05) is 35.9 Å². The minimum Gasteiger partial charge on any atom is -0.383 e. The van der Waals surface area contributed by atoms with Crippen molar-refractivity contribution in [3.63, 3.8) is 0 Å². The number of benzene rings is 1. The second kappa shape index (κ2) is 6.08. The molecule has 0 amide bonds. The summed E-state index contributed by atoms with van der Waals surface area (Å²) in [6, 6.07) is 12.3. The first-order valence-corrected chi connectivity index (χ1v) is 8.09. The molecule has 0 radical (unpaired) electrons. The van der Waals surface area contributed by atoms with Gasteiger partial charge in [0.2, 0.25) is 0 Å². The van der Waals surface area contributed by atoms with Crippen molar-refractivity contribution in [3.05, 3.63) is 66.1 Å². The topological polar surface area (TPSA) is 69.1 Å². The Labute approximate surface area is 152 Å². The van der Waals surface area contributed by atoms with Crippen LogP contribution in [0.4, 0.5) is 19.0 Å². The molecule has 0 aliphatic carbocycles. The van der Waals surface area contributed by atoms with E-state index in [9.17, 15) is 13.2 Å². The molecule has 0 fully saturated rings. The number of nitrogen functional groups attached to an aromatic ring is 1. The lowest BCUT2D eigenvalue weighted by Crippen LogP contribution is -2.09. The number of hydrogen-bond donors (Lipinski definition) is 1. The Morgan fingerprint density at radius 2 is 1.74 bits per heavy atom. The van der Waals surface area contributed by atoms with Crippen molar-refractivity contribution in [3.8, 4) is 22.6 Å². The van der Waals surface area contributed by atoms with E-state index in [4.69, 9.17) is 5.73 Å². The molecule has 27 heavy (non-hydrogen) atoms. The van der Waals surface area contributed by atoms with Crippen LogP contribution in [0.3, 0.4) is 0 Å². The van der Waals surface area contributed by atoms with Crippen molar-refractivity contribution in [2.75, 3.05) is 5.73 Å². The Balaban J connectivity index is 1.90. The van der Waals surface area contributed by atoms with E-state index in [1.54, 1.807) is 12.1 Å². The fourth-order valence-electron chi connectivity index (χ4n) is 2.87. The van der Waals surface area contributed by atoms with Gasteiger partial charge in [-0.15, -0.1) is 0 Å². The molecule has 0 atom stereocenters. The van der Waals surface area contributed by atoms with Crippen LogP contribution < -0.4 is 5.73 Å². The molecule has 4 rings (SSSR count). The van der Waals surface area contributed by atoms with E-state index in [0.717, 1.165) is 11.1 Å². The van der Waals surface area contributed by atoms with E-state index in [1.165, 1.54) is 22.9 Å². The monoisotopic (exact) mass is 369 g/mol. The molecule has 4 aromatic rings. The molecule has 0 unspecified atom stereocenters. The standard InChI is InChI=1S/C19H14F3N5/c1-11-5-7-12(8-6-11)13-10-24-18(26-17(13)23)15-16(19(20,21)22)25-14-4-2-3-9-27(14)15/h2-10H,1H3,(H2,23,24,26). The van der Waals surface area contributed by atoms with Crippen LogP contribution in [0, 0.1) is 6.92 Å². The summed E-state index contributed by atoms with van der Waals surface area (Å²) in [6.45, 7) is 1.95. The van der Waals surface area contributed by atoms with Crippen LogP contribution in [0.1, 0.15) is 11.3 Å². The van der Waals surface area contributed by atoms with Crippen molar-refractivity contribution in [1.82, 2.24) is 19.4 Å². The number of halogens is 3. The van der Waals surface area contributed by atoms with Gasteiger partial charge < -0.3 is 5.73 Å². The molecule has 0 aliphatic rings. The van der Waals surface area contributed by atoms with E-state index in [-0.39, 0.29) is 23.0 Å². The molecule has 0 bridgehead atoms. The van der Waals surface area contributed by atoms with Crippen molar-refractivity contribution in [2.24, 2.45) is 0 Å². The van der Waals surface area contributed by atoms with Gasteiger partial charge in [0.15, 0.2) is 11.5 Å². The lowest BCUT2D eigenvalue weighted by atomic mass is 10.1. The van der Waals surface area contributed by atoms with E-state index in [2.05, 4.69) is 15.0 Å². The molecular formula is C19H14F3N5. The summed E-state index contributed by atoms with van der Waals surface area (Å²) in [4.78, 5) is 12.0. The zero-order valence-electron chi connectivity index (χ0n) is 14.2. The molecule has 1 aromatic carbocycles. The average molecular weight is 369 g/mol. The number of pyridine rings is 1. The Morgan fingerprint density at radius 1 is 1.00 bits per heavy atom. The summed E-state index contributed by atoms with van der Waals surface area (Å²) in [5.41, 5.74) is 7.34. The number of imidazole rings is 1. The van der Waals surface area contributed by atoms with Gasteiger partial charge in [-0.05, 0) is 24.6 Å². The van der Waals surface area contributed by atoms with Crippen LogP contribution in [0.2, 0.25) is 0 Å². The fraction of sp³-hybridized carbons (Fsp3) is 0.105. The Morgan fingerprint density at radius 3 is 2.41 bits per heavy atom. The third-order valence-electron chi connectivity index (χ3n) is 4.19. The van der Waals surface area contributed by atoms with E-state index in [1.807, 2.05) is 31.2 Å². The summed E-state index contributed by atoms with van der Waals surface area (Å²) in [6.07, 6.45) is -1.72. The Kier molecular flexibility index (Phi) is 3.83. The van der Waals surface area contributed by atoms with Crippen molar-refractivity contribution in [2.45, 2.75) is 13.1 Å². The average Bonchev–Trinajstić information content (AvgIpc) is 3.02. The highest BCUT2D eigenvalue weighted by Gasteiger charge is 2.39. The summed E-state index contributed by atoms with van der Waals surface area (Å²) in [5, 5.41) is 0. The van der Waals surface area contributed by atoms with Crippen LogP contribution in [-0.2, 0) is 6.18 Å². The lowest BCUT2D eigenvalue weighted by Gasteiger charge is -2.10. The van der Waals surface area contributed by atoms with Crippen molar-refractivity contribution < 1.29 is 13.2 Å². The smallest absolute Gasteiger partial charge is 0.383 e. The third kappa shape index (κ3) is 2.99. The van der Waals surface area contributed by atoms with Gasteiger partial charge in [-0.3, -0.25) is 4.40 Å². The number of anilines is 1. The van der Waals surface area contributed by atoms with Gasteiger partial charge in [-0.25, -0.2) is 15.0 Å². The summed E-state index contributed by atoms with van der Waals surface area (Å²) < 4.78 is 41.8. The Hall–Kier alpha value is -3.42. The number of nitrogens with two attached hydrogens (primary N) is 1. The zero-order valence-corrected chi connectivity index (χ0v) is 14.2. The molecule has 0 spiro atoms. The van der Waals surface area contributed by atoms with Gasteiger partial charge in [0, 0.05) is 18.0 Å². The zero-order chi connectivity index (χ0) is 19.2. The first-order valence-electron chi connectivity index (χ1n) is 8.09. The predicted octanol–water partition coefficient (Wildman–Crippen LogP) is 4.37. The van der Waals surface area contributed by atoms with E-state index < -0.39 is 11.9 Å². The minimum absolute atomic E-state index is 0.0999. The van der Waals surface area contributed by atoms with Crippen LogP contribution in [0.15, 0.2) is 54.9 Å². The second-order valence-corrected chi connectivity index (χ2v) is 6.09. The lowest BCUT2D eigenvalue weighted by molar-refractivity contribution is -0.140. The van der Waals surface area contributed by atoms with Crippen LogP contribution in [0.25, 0.3) is 28.3 Å². The number of rotatable bonds is 2. The van der Waals surface area contributed by atoms with Gasteiger partial charge in [0.25, 0.3) is 0 Å². The molecule has 136 valence electrons. The normalized spacial score (nSPS) is 11.9. The number of hydrogen-bond acceptors (Lipinski definition) is 4. The molecule has 3 heterocycles. The first kappa shape index (κ1) is 17.0. The molecule has 0 aliphatic heterocycles. The molecule has 8 heteroatoms. The number of fused-ring (bicyclic) bond motifs is 1. The fourth-order valence-corrected chi connectivity index (χ4v) is 2.87. The van der Waals surface area contributed by atoms with Crippen molar-refractivity contribution in [1.29, 1.82) is 0 Å². The molecule has 2 N–H and O–H groups in total. The highest BCUT2D eigenvalue weighted by Crippen LogP contribution is 2.36.